The number of rotatable bonds is 13. The van der Waals surface area contributed by atoms with E-state index in [1.807, 2.05) is 29.9 Å². The van der Waals surface area contributed by atoms with Gasteiger partial charge in [0.2, 0.25) is 11.8 Å². The largest absolute Gasteiger partial charge is 0.467 e. The molecular weight excluding hydrogens is 464 g/mol. The van der Waals surface area contributed by atoms with Crippen molar-refractivity contribution in [3.63, 3.8) is 0 Å². The zero-order chi connectivity index (χ0) is 25.9. The minimum atomic E-state index is -0.480. The number of nitro benzene ring substituents is 1. The molecule has 10 heteroatoms. The summed E-state index contributed by atoms with van der Waals surface area (Å²) in [4.78, 5) is 39.9. The Hall–Kier alpha value is -4.18. The van der Waals surface area contributed by atoms with Crippen LogP contribution in [0.4, 0.5) is 5.69 Å². The number of nitrogens with zero attached hydrogens (tertiary/aromatic N) is 4. The number of methoxy groups -OCH3 is 1. The average Bonchev–Trinajstić information content (AvgIpc) is 3.53. The lowest BCUT2D eigenvalue weighted by Gasteiger charge is -2.27. The van der Waals surface area contributed by atoms with E-state index >= 15 is 0 Å². The molecule has 0 N–H and O–H groups in total. The number of carbonyl (C=O) groups excluding carboxylic acids is 2. The summed E-state index contributed by atoms with van der Waals surface area (Å²) in [5.74, 6) is 0.0876. The zero-order valence-electron chi connectivity index (χ0n) is 20.4. The summed E-state index contributed by atoms with van der Waals surface area (Å²) in [6.45, 7) is 1.31. The van der Waals surface area contributed by atoms with E-state index in [9.17, 15) is 19.7 Å². The quantitative estimate of drug-likeness (QED) is 0.155. The van der Waals surface area contributed by atoms with Gasteiger partial charge in [0.25, 0.3) is 5.69 Å². The maximum Gasteiger partial charge on any atom is 0.269 e. The molecule has 0 aliphatic rings. The van der Waals surface area contributed by atoms with Gasteiger partial charge in [0, 0.05) is 57.4 Å². The minimum Gasteiger partial charge on any atom is -0.467 e. The number of aromatic nitrogens is 1. The number of hydrogen-bond donors (Lipinski definition) is 0. The van der Waals surface area contributed by atoms with Gasteiger partial charge in [-0.05, 0) is 54.5 Å². The maximum atomic E-state index is 13.4. The van der Waals surface area contributed by atoms with Gasteiger partial charge in [0.1, 0.15) is 12.3 Å². The first-order valence-corrected chi connectivity index (χ1v) is 11.5. The molecule has 36 heavy (non-hydrogen) atoms. The highest BCUT2D eigenvalue weighted by Crippen LogP contribution is 2.14. The molecule has 2 amide bonds. The Morgan fingerprint density at radius 2 is 1.89 bits per heavy atom. The van der Waals surface area contributed by atoms with E-state index in [2.05, 4.69) is 0 Å². The molecular formula is C26H30N4O6. The number of carbonyl (C=O) groups is 2. The van der Waals surface area contributed by atoms with Crippen LogP contribution >= 0.6 is 0 Å². The van der Waals surface area contributed by atoms with Gasteiger partial charge in [0.05, 0.1) is 24.3 Å². The van der Waals surface area contributed by atoms with Crippen molar-refractivity contribution < 1.29 is 23.7 Å². The first-order chi connectivity index (χ1) is 17.4. The maximum absolute atomic E-state index is 13.4. The molecule has 0 radical (unpaired) electrons. The molecule has 0 unspecified atom stereocenters. The van der Waals surface area contributed by atoms with E-state index in [0.29, 0.717) is 37.4 Å². The Labute approximate surface area is 209 Å². The molecule has 1 aromatic carbocycles. The van der Waals surface area contributed by atoms with Gasteiger partial charge in [0.15, 0.2) is 0 Å². The van der Waals surface area contributed by atoms with Crippen LogP contribution in [-0.4, -0.2) is 57.9 Å². The van der Waals surface area contributed by atoms with Gasteiger partial charge < -0.3 is 23.5 Å². The highest BCUT2D eigenvalue weighted by Gasteiger charge is 2.22. The third-order valence-corrected chi connectivity index (χ3v) is 5.62. The standard InChI is InChI=1S/C26H30N4O6/c1-27-14-3-6-23(27)18-29(19-24-7-4-17-36-24)26(32)20-28(15-5-16-35-2)25(31)13-10-21-8-11-22(12-9-21)30(33)34/h3-4,6-14,17H,5,15-16,18-20H2,1-2H3. The summed E-state index contributed by atoms with van der Waals surface area (Å²) < 4.78 is 12.5. The molecule has 3 rings (SSSR count). The Balaban J connectivity index is 1.74. The molecule has 10 nitrogen and oxygen atoms in total. The monoisotopic (exact) mass is 494 g/mol. The number of ether oxygens (including phenoxy) is 1. The van der Waals surface area contributed by atoms with E-state index in [4.69, 9.17) is 9.15 Å². The normalized spacial score (nSPS) is 11.1. The molecule has 2 aromatic heterocycles. The lowest BCUT2D eigenvalue weighted by atomic mass is 10.2. The molecule has 0 spiro atoms. The van der Waals surface area contributed by atoms with Gasteiger partial charge in [-0.2, -0.15) is 0 Å². The van der Waals surface area contributed by atoms with Crippen molar-refractivity contribution in [3.8, 4) is 0 Å². The summed E-state index contributed by atoms with van der Waals surface area (Å²) in [6, 6.07) is 13.3. The summed E-state index contributed by atoms with van der Waals surface area (Å²) in [7, 11) is 3.49. The van der Waals surface area contributed by atoms with Crippen LogP contribution in [0.1, 0.15) is 23.4 Å². The van der Waals surface area contributed by atoms with Gasteiger partial charge in [-0.15, -0.1) is 0 Å². The molecule has 190 valence electrons. The Morgan fingerprint density at radius 3 is 2.50 bits per heavy atom. The molecule has 0 saturated carbocycles. The number of benzene rings is 1. The van der Waals surface area contributed by atoms with Crippen LogP contribution in [0.5, 0.6) is 0 Å². The van der Waals surface area contributed by atoms with Crippen LogP contribution in [0.2, 0.25) is 0 Å². The van der Waals surface area contributed by atoms with Gasteiger partial charge >= 0.3 is 0 Å². The predicted molar refractivity (Wildman–Crippen MR) is 134 cm³/mol. The summed E-state index contributed by atoms with van der Waals surface area (Å²) in [6.07, 6.45) is 6.98. The van der Waals surface area contributed by atoms with Crippen molar-refractivity contribution in [2.75, 3.05) is 26.8 Å². The number of furan rings is 1. The van der Waals surface area contributed by atoms with E-state index < -0.39 is 4.92 Å². The van der Waals surface area contributed by atoms with E-state index in [1.54, 1.807) is 48.6 Å². The molecule has 0 atom stereocenters. The van der Waals surface area contributed by atoms with Crippen molar-refractivity contribution >= 4 is 23.6 Å². The van der Waals surface area contributed by atoms with Crippen molar-refractivity contribution in [2.24, 2.45) is 7.05 Å². The third-order valence-electron chi connectivity index (χ3n) is 5.62. The summed E-state index contributed by atoms with van der Waals surface area (Å²) >= 11 is 0. The summed E-state index contributed by atoms with van der Waals surface area (Å²) in [5, 5.41) is 10.8. The lowest BCUT2D eigenvalue weighted by molar-refractivity contribution is -0.384. The van der Waals surface area contributed by atoms with E-state index in [-0.39, 0.29) is 30.6 Å². The van der Waals surface area contributed by atoms with Gasteiger partial charge in [-0.1, -0.05) is 0 Å². The van der Waals surface area contributed by atoms with Crippen LogP contribution in [0.3, 0.4) is 0 Å². The topological polar surface area (TPSA) is 111 Å². The number of hydrogen-bond acceptors (Lipinski definition) is 6. The van der Waals surface area contributed by atoms with Crippen molar-refractivity contribution in [2.45, 2.75) is 19.5 Å². The molecule has 0 saturated heterocycles. The van der Waals surface area contributed by atoms with Crippen molar-refractivity contribution in [3.05, 3.63) is 94.2 Å². The number of aryl methyl sites for hydroxylation is 1. The second-order valence-electron chi connectivity index (χ2n) is 8.23. The molecule has 3 aromatic rings. The third kappa shape index (κ3) is 7.67. The van der Waals surface area contributed by atoms with Gasteiger partial charge in [-0.25, -0.2) is 0 Å². The average molecular weight is 495 g/mol. The van der Waals surface area contributed by atoms with E-state index in [1.165, 1.54) is 23.1 Å². The molecule has 0 bridgehead atoms. The second-order valence-corrected chi connectivity index (χ2v) is 8.23. The molecule has 0 aliphatic heterocycles. The van der Waals surface area contributed by atoms with Crippen LogP contribution in [0.25, 0.3) is 6.08 Å². The van der Waals surface area contributed by atoms with Gasteiger partial charge in [-0.3, -0.25) is 19.7 Å². The smallest absolute Gasteiger partial charge is 0.269 e. The second kappa shape index (κ2) is 13.1. The Kier molecular flexibility index (Phi) is 9.58. The molecule has 0 fully saturated rings. The minimum absolute atomic E-state index is 0.0277. The fourth-order valence-electron chi connectivity index (χ4n) is 3.59. The van der Waals surface area contributed by atoms with Crippen molar-refractivity contribution in [1.29, 1.82) is 0 Å². The highest BCUT2D eigenvalue weighted by atomic mass is 16.6. The lowest BCUT2D eigenvalue weighted by Crippen LogP contribution is -2.42. The van der Waals surface area contributed by atoms with Crippen molar-refractivity contribution in [1.82, 2.24) is 14.4 Å². The number of nitro groups is 1. The highest BCUT2D eigenvalue weighted by molar-refractivity contribution is 5.94. The Morgan fingerprint density at radius 1 is 1.11 bits per heavy atom. The van der Waals surface area contributed by atoms with Crippen LogP contribution < -0.4 is 0 Å². The van der Waals surface area contributed by atoms with E-state index in [0.717, 1.165) is 5.69 Å². The first-order valence-electron chi connectivity index (χ1n) is 11.5. The number of amides is 2. The fourth-order valence-corrected chi connectivity index (χ4v) is 3.59. The Bertz CT molecular complexity index is 1170. The molecule has 2 heterocycles. The SMILES string of the molecule is COCCCN(CC(=O)N(Cc1ccco1)Cc1cccn1C)C(=O)C=Cc1ccc([N+](=O)[O-])cc1. The van der Waals surface area contributed by atoms with Crippen LogP contribution in [0, 0.1) is 10.1 Å². The first kappa shape index (κ1) is 26.4. The predicted octanol–water partition coefficient (Wildman–Crippen LogP) is 3.63. The van der Waals surface area contributed by atoms with Crippen LogP contribution in [-0.2, 0) is 34.5 Å². The van der Waals surface area contributed by atoms with Crippen LogP contribution in [0.15, 0.2) is 71.5 Å². The summed E-state index contributed by atoms with van der Waals surface area (Å²) in [5.41, 5.74) is 1.56. The zero-order valence-corrected chi connectivity index (χ0v) is 20.4. The number of non-ortho nitro benzene ring substituents is 1. The fraction of sp³-hybridized carbons (Fsp3) is 0.308. The molecule has 0 aliphatic carbocycles.